The van der Waals surface area contributed by atoms with Crippen LogP contribution in [0.5, 0.6) is 0 Å². The van der Waals surface area contributed by atoms with Crippen LogP contribution in [0.3, 0.4) is 0 Å². The van der Waals surface area contributed by atoms with Gasteiger partial charge in [-0.25, -0.2) is 4.79 Å². The standard InChI is InChI=1S/C22H33NO5S/c1-15-7-5-3-4-6-8-16(2)11-20(24)27-18-12-17(10-9-15)28-22(26,13-18)19-14-29-21(25)23-19/h5,7,11,15,17-19,26H,3-4,6,8-10,12-14H2,1-2H3,(H,23,25)/b7-5+,16-11-/t15-,17-,18-,19+,22-/m1/s1. The summed E-state index contributed by atoms with van der Waals surface area (Å²) in [6.07, 6.45) is 11.9. The van der Waals surface area contributed by atoms with Crippen molar-refractivity contribution in [1.29, 1.82) is 0 Å². The maximum absolute atomic E-state index is 12.4. The molecule has 5 atom stereocenters. The number of hydrogen-bond acceptors (Lipinski definition) is 6. The molecule has 3 heterocycles. The van der Waals surface area contributed by atoms with E-state index in [-0.39, 0.29) is 23.7 Å². The number of carbonyl (C=O) groups excluding carboxylic acids is 2. The second kappa shape index (κ2) is 10.1. The summed E-state index contributed by atoms with van der Waals surface area (Å²) in [7, 11) is 0. The molecule has 7 heteroatoms. The summed E-state index contributed by atoms with van der Waals surface area (Å²) in [5.41, 5.74) is 1.01. The molecule has 3 aliphatic heterocycles. The quantitative estimate of drug-likeness (QED) is 0.488. The van der Waals surface area contributed by atoms with Gasteiger partial charge in [0.1, 0.15) is 6.10 Å². The third-order valence-corrected chi connectivity index (χ3v) is 6.76. The number of nitrogens with one attached hydrogen (secondary N) is 1. The minimum absolute atomic E-state index is 0.158. The first-order chi connectivity index (χ1) is 13.8. The zero-order valence-corrected chi connectivity index (χ0v) is 18.2. The Hall–Kier alpha value is -1.31. The molecule has 0 aromatic rings. The minimum atomic E-state index is -1.52. The fraction of sp³-hybridized carbons (Fsp3) is 0.727. The zero-order chi connectivity index (χ0) is 20.9. The second-order valence-corrected chi connectivity index (χ2v) is 9.59. The number of thioether (sulfide) groups is 1. The Kier molecular flexibility index (Phi) is 7.82. The number of hydrogen-bond donors (Lipinski definition) is 2. The number of allylic oxidation sites excluding steroid dienone is 3. The highest BCUT2D eigenvalue weighted by molar-refractivity contribution is 8.14. The van der Waals surface area contributed by atoms with Crippen molar-refractivity contribution in [3.8, 4) is 0 Å². The highest BCUT2D eigenvalue weighted by Gasteiger charge is 2.49. The van der Waals surface area contributed by atoms with Gasteiger partial charge >= 0.3 is 5.97 Å². The van der Waals surface area contributed by atoms with E-state index in [1.165, 1.54) is 0 Å². The average Bonchev–Trinajstić information content (AvgIpc) is 3.09. The summed E-state index contributed by atoms with van der Waals surface area (Å²) in [5.74, 6) is -1.01. The maximum Gasteiger partial charge on any atom is 0.330 e. The van der Waals surface area contributed by atoms with Gasteiger partial charge in [-0.1, -0.05) is 36.4 Å². The Morgan fingerprint density at radius 2 is 2.07 bits per heavy atom. The lowest BCUT2D eigenvalue weighted by atomic mass is 9.90. The van der Waals surface area contributed by atoms with E-state index in [1.54, 1.807) is 6.08 Å². The third kappa shape index (κ3) is 6.59. The number of fused-ring (bicyclic) bond motifs is 2. The van der Waals surface area contributed by atoms with E-state index < -0.39 is 17.9 Å². The van der Waals surface area contributed by atoms with Crippen molar-refractivity contribution in [3.05, 3.63) is 23.8 Å². The molecule has 0 spiro atoms. The molecule has 0 saturated carbocycles. The summed E-state index contributed by atoms with van der Waals surface area (Å²) >= 11 is 1.14. The van der Waals surface area contributed by atoms with Gasteiger partial charge < -0.3 is 19.9 Å². The first-order valence-electron chi connectivity index (χ1n) is 10.7. The van der Waals surface area contributed by atoms with E-state index in [2.05, 4.69) is 24.4 Å². The zero-order valence-electron chi connectivity index (χ0n) is 17.4. The molecule has 2 saturated heterocycles. The number of carbonyl (C=O) groups is 2. The summed E-state index contributed by atoms with van der Waals surface area (Å²) < 4.78 is 11.8. The third-order valence-electron chi connectivity index (χ3n) is 5.88. The van der Waals surface area contributed by atoms with E-state index in [9.17, 15) is 14.7 Å². The van der Waals surface area contributed by atoms with Crippen molar-refractivity contribution in [2.45, 2.75) is 89.3 Å². The highest BCUT2D eigenvalue weighted by Crippen LogP contribution is 2.37. The van der Waals surface area contributed by atoms with Crippen LogP contribution in [0, 0.1) is 5.92 Å². The van der Waals surface area contributed by atoms with Gasteiger partial charge in [-0.15, -0.1) is 0 Å². The molecular formula is C22H33NO5S. The van der Waals surface area contributed by atoms with Gasteiger partial charge in [0.25, 0.3) is 5.24 Å². The lowest BCUT2D eigenvalue weighted by molar-refractivity contribution is -0.283. The van der Waals surface area contributed by atoms with Crippen LogP contribution in [-0.4, -0.2) is 46.1 Å². The van der Waals surface area contributed by atoms with E-state index >= 15 is 0 Å². The highest BCUT2D eigenvalue weighted by atomic mass is 32.2. The topological polar surface area (TPSA) is 84.9 Å². The predicted octanol–water partition coefficient (Wildman–Crippen LogP) is 4.08. The molecule has 0 aliphatic carbocycles. The molecule has 0 unspecified atom stereocenters. The number of amides is 1. The van der Waals surface area contributed by atoms with Crippen LogP contribution in [0.25, 0.3) is 0 Å². The van der Waals surface area contributed by atoms with E-state index in [0.29, 0.717) is 18.1 Å². The lowest BCUT2D eigenvalue weighted by Gasteiger charge is -2.43. The van der Waals surface area contributed by atoms with Crippen molar-refractivity contribution < 1.29 is 24.2 Å². The van der Waals surface area contributed by atoms with Gasteiger partial charge in [0.05, 0.1) is 12.1 Å². The van der Waals surface area contributed by atoms with Gasteiger partial charge in [0.2, 0.25) is 0 Å². The van der Waals surface area contributed by atoms with Crippen LogP contribution >= 0.6 is 11.8 Å². The van der Waals surface area contributed by atoms with Crippen molar-refractivity contribution in [1.82, 2.24) is 5.32 Å². The molecule has 162 valence electrons. The number of ether oxygens (including phenoxy) is 2. The van der Waals surface area contributed by atoms with E-state index in [4.69, 9.17) is 9.47 Å². The molecule has 0 aromatic carbocycles. The van der Waals surface area contributed by atoms with Gasteiger partial charge in [-0.05, 0) is 51.4 Å². The Morgan fingerprint density at radius 3 is 2.83 bits per heavy atom. The van der Waals surface area contributed by atoms with Crippen LogP contribution in [0.15, 0.2) is 23.8 Å². The van der Waals surface area contributed by atoms with Gasteiger partial charge in [-0.3, -0.25) is 4.79 Å². The lowest BCUT2D eigenvalue weighted by Crippen LogP contribution is -2.58. The second-order valence-electron chi connectivity index (χ2n) is 8.60. The molecule has 3 aliphatic rings. The molecule has 0 aromatic heterocycles. The first-order valence-corrected chi connectivity index (χ1v) is 11.7. The Labute approximate surface area is 177 Å². The fourth-order valence-corrected chi connectivity index (χ4v) is 5.10. The Bertz CT molecular complexity index is 664. The maximum atomic E-state index is 12.4. The summed E-state index contributed by atoms with van der Waals surface area (Å²) in [6.45, 7) is 4.14. The minimum Gasteiger partial charge on any atom is -0.459 e. The fourth-order valence-electron chi connectivity index (χ4n) is 4.22. The van der Waals surface area contributed by atoms with Crippen LogP contribution in [0.1, 0.15) is 65.2 Å². The van der Waals surface area contributed by atoms with Crippen molar-refractivity contribution >= 4 is 23.0 Å². The smallest absolute Gasteiger partial charge is 0.330 e. The molecular weight excluding hydrogens is 390 g/mol. The van der Waals surface area contributed by atoms with Crippen LogP contribution in [0.4, 0.5) is 4.79 Å². The number of aliphatic hydroxyl groups is 1. The average molecular weight is 424 g/mol. The monoisotopic (exact) mass is 423 g/mol. The number of esters is 1. The van der Waals surface area contributed by atoms with Crippen molar-refractivity contribution in [3.63, 3.8) is 0 Å². The summed E-state index contributed by atoms with van der Waals surface area (Å²) in [5, 5.41) is 13.8. The van der Waals surface area contributed by atoms with Crippen LogP contribution in [-0.2, 0) is 14.3 Å². The molecule has 6 nitrogen and oxygen atoms in total. The SMILES string of the molecule is C/C1=C/C(=O)O[C@@H]2C[C@@H](CC[C@H](C)/C=C/CCCC1)O[C@@](O)([C@@H]1CSC(=O)N1)C2. The van der Waals surface area contributed by atoms with Crippen LogP contribution in [0.2, 0.25) is 0 Å². The Morgan fingerprint density at radius 1 is 1.24 bits per heavy atom. The molecule has 29 heavy (non-hydrogen) atoms. The largest absolute Gasteiger partial charge is 0.459 e. The molecule has 1 amide bonds. The molecule has 0 radical (unpaired) electrons. The summed E-state index contributed by atoms with van der Waals surface area (Å²) in [4.78, 5) is 24.1. The van der Waals surface area contributed by atoms with Crippen molar-refractivity contribution in [2.24, 2.45) is 5.92 Å². The summed E-state index contributed by atoms with van der Waals surface area (Å²) in [6, 6.07) is -0.496. The van der Waals surface area contributed by atoms with Crippen LogP contribution < -0.4 is 5.32 Å². The van der Waals surface area contributed by atoms with E-state index in [1.807, 2.05) is 6.92 Å². The predicted molar refractivity (Wildman–Crippen MR) is 113 cm³/mol. The van der Waals surface area contributed by atoms with Gasteiger partial charge in [-0.2, -0.15) is 0 Å². The number of rotatable bonds is 1. The molecule has 2 N–H and O–H groups in total. The molecule has 2 fully saturated rings. The van der Waals surface area contributed by atoms with Gasteiger partial charge in [0, 0.05) is 24.7 Å². The molecule has 2 bridgehead atoms. The molecule has 3 rings (SSSR count). The first kappa shape index (κ1) is 22.4. The van der Waals surface area contributed by atoms with Crippen molar-refractivity contribution in [2.75, 3.05) is 5.75 Å². The Balaban J connectivity index is 1.76. The normalized spacial score (nSPS) is 40.4. The van der Waals surface area contributed by atoms with Gasteiger partial charge in [0.15, 0.2) is 5.79 Å². The van der Waals surface area contributed by atoms with E-state index in [0.717, 1.165) is 55.9 Å².